The maximum atomic E-state index is 14.1. The van der Waals surface area contributed by atoms with E-state index in [9.17, 15) is 9.18 Å². The van der Waals surface area contributed by atoms with Crippen molar-refractivity contribution in [1.29, 1.82) is 0 Å². The number of nitrogens with zero attached hydrogens (tertiary/aromatic N) is 4. The number of fused-ring (bicyclic) bond motifs is 1. The fourth-order valence-electron chi connectivity index (χ4n) is 4.61. The molecule has 0 spiro atoms. The number of likely N-dealkylation sites (tertiary alicyclic amines) is 1. The first-order chi connectivity index (χ1) is 16.1. The van der Waals surface area contributed by atoms with E-state index in [0.717, 1.165) is 61.0 Å². The van der Waals surface area contributed by atoms with Crippen molar-refractivity contribution in [2.45, 2.75) is 39.0 Å². The van der Waals surface area contributed by atoms with E-state index in [1.807, 2.05) is 48.2 Å². The second-order valence-corrected chi connectivity index (χ2v) is 8.69. The van der Waals surface area contributed by atoms with E-state index >= 15 is 0 Å². The summed E-state index contributed by atoms with van der Waals surface area (Å²) in [5.74, 6) is -0.392. The quantitative estimate of drug-likeness (QED) is 0.394. The van der Waals surface area contributed by atoms with E-state index in [1.54, 1.807) is 16.8 Å². The Hall–Kier alpha value is -3.54. The van der Waals surface area contributed by atoms with Gasteiger partial charge < -0.3 is 4.90 Å². The van der Waals surface area contributed by atoms with E-state index in [2.05, 4.69) is 0 Å². The number of aromatic nitrogens is 3. The lowest BCUT2D eigenvalue weighted by Gasteiger charge is -2.24. The third kappa shape index (κ3) is 4.25. The van der Waals surface area contributed by atoms with E-state index in [4.69, 9.17) is 10.1 Å². The number of halogens is 1. The van der Waals surface area contributed by atoms with Gasteiger partial charge in [0.15, 0.2) is 5.65 Å². The van der Waals surface area contributed by atoms with E-state index < -0.39 is 0 Å². The largest absolute Gasteiger partial charge is 0.337 e. The van der Waals surface area contributed by atoms with Crippen LogP contribution in [0.4, 0.5) is 4.39 Å². The van der Waals surface area contributed by atoms with Crippen molar-refractivity contribution >= 4 is 16.9 Å². The predicted molar refractivity (Wildman–Crippen MR) is 128 cm³/mol. The minimum Gasteiger partial charge on any atom is -0.337 e. The normalized spacial score (nSPS) is 14.8. The number of benzene rings is 2. The summed E-state index contributed by atoms with van der Waals surface area (Å²) < 4.78 is 15.7. The number of carbonyl (C=O) groups excluding carboxylic acids is 1. The molecule has 0 aliphatic carbocycles. The van der Waals surface area contributed by atoms with Crippen molar-refractivity contribution in [3.05, 3.63) is 77.7 Å². The Balaban J connectivity index is 1.67. The highest BCUT2D eigenvalue weighted by atomic mass is 19.1. The van der Waals surface area contributed by atoms with Gasteiger partial charge in [0, 0.05) is 18.7 Å². The van der Waals surface area contributed by atoms with Gasteiger partial charge >= 0.3 is 0 Å². The topological polar surface area (TPSA) is 51.0 Å². The molecule has 0 saturated carbocycles. The van der Waals surface area contributed by atoms with Gasteiger partial charge in [-0.05, 0) is 49.6 Å². The van der Waals surface area contributed by atoms with Crippen LogP contribution in [-0.2, 0) is 0 Å². The van der Waals surface area contributed by atoms with Gasteiger partial charge in [0.1, 0.15) is 17.2 Å². The number of pyridine rings is 1. The Bertz CT molecular complexity index is 1290. The van der Waals surface area contributed by atoms with Crippen LogP contribution < -0.4 is 0 Å². The second kappa shape index (κ2) is 9.14. The Morgan fingerprint density at radius 1 is 0.909 bits per heavy atom. The van der Waals surface area contributed by atoms with Crippen LogP contribution in [0.1, 0.15) is 48.2 Å². The summed E-state index contributed by atoms with van der Waals surface area (Å²) in [5, 5.41) is 5.70. The summed E-state index contributed by atoms with van der Waals surface area (Å²) in [6.07, 6.45) is 5.59. The highest BCUT2D eigenvalue weighted by Crippen LogP contribution is 2.32. The Labute approximate surface area is 192 Å². The minimum absolute atomic E-state index is 0.0462. The lowest BCUT2D eigenvalue weighted by Crippen LogP contribution is -2.34. The van der Waals surface area contributed by atoms with Gasteiger partial charge in [-0.15, -0.1) is 0 Å². The SMILES string of the molecule is Cc1cc(C(=O)N2CCCCCCC2)nc2c1c(-c1ccccc1)nn2-c1cccc(F)c1. The molecule has 5 rings (SSSR count). The molecule has 0 atom stereocenters. The third-order valence-electron chi connectivity index (χ3n) is 6.30. The standard InChI is InChI=1S/C27H27FN4O/c1-19-17-23(27(33)31-15-8-3-2-4-9-16-31)29-26-24(19)25(20-11-6-5-7-12-20)30-32(26)22-14-10-13-21(28)18-22/h5-7,10-14,17-18H,2-4,8-9,15-16H2,1H3. The van der Waals surface area contributed by atoms with Gasteiger partial charge in [-0.3, -0.25) is 4.79 Å². The molecule has 4 aromatic rings. The molecular formula is C27H27FN4O. The molecule has 6 heteroatoms. The highest BCUT2D eigenvalue weighted by molar-refractivity contribution is 5.99. The molecule has 3 heterocycles. The number of amides is 1. The van der Waals surface area contributed by atoms with Crippen molar-refractivity contribution < 1.29 is 9.18 Å². The number of aryl methyl sites for hydroxylation is 1. The first kappa shape index (κ1) is 21.3. The number of hydrogen-bond donors (Lipinski definition) is 0. The lowest BCUT2D eigenvalue weighted by atomic mass is 10.0. The zero-order chi connectivity index (χ0) is 22.8. The Morgan fingerprint density at radius 3 is 2.36 bits per heavy atom. The van der Waals surface area contributed by atoms with Gasteiger partial charge in [0.2, 0.25) is 0 Å². The molecule has 2 aromatic heterocycles. The van der Waals surface area contributed by atoms with Crippen molar-refractivity contribution in [3.8, 4) is 16.9 Å². The van der Waals surface area contributed by atoms with Crippen LogP contribution in [0.15, 0.2) is 60.7 Å². The number of rotatable bonds is 3. The average molecular weight is 443 g/mol. The van der Waals surface area contributed by atoms with Crippen LogP contribution in [0.5, 0.6) is 0 Å². The van der Waals surface area contributed by atoms with Crippen molar-refractivity contribution in [1.82, 2.24) is 19.7 Å². The van der Waals surface area contributed by atoms with Crippen LogP contribution in [0.3, 0.4) is 0 Å². The molecule has 168 valence electrons. The predicted octanol–water partition coefficient (Wildman–Crippen LogP) is 5.94. The lowest BCUT2D eigenvalue weighted by molar-refractivity contribution is 0.0736. The zero-order valence-electron chi connectivity index (χ0n) is 18.8. The van der Waals surface area contributed by atoms with Crippen molar-refractivity contribution in [3.63, 3.8) is 0 Å². The summed E-state index contributed by atoms with van der Waals surface area (Å²) in [6, 6.07) is 18.0. The summed E-state index contributed by atoms with van der Waals surface area (Å²) >= 11 is 0. The first-order valence-electron chi connectivity index (χ1n) is 11.6. The molecule has 1 amide bonds. The van der Waals surface area contributed by atoms with E-state index in [-0.39, 0.29) is 11.7 Å². The van der Waals surface area contributed by atoms with E-state index in [1.165, 1.54) is 18.6 Å². The van der Waals surface area contributed by atoms with Gasteiger partial charge in [0.25, 0.3) is 5.91 Å². The van der Waals surface area contributed by atoms with Crippen molar-refractivity contribution in [2.75, 3.05) is 13.1 Å². The maximum Gasteiger partial charge on any atom is 0.272 e. The molecule has 1 aliphatic heterocycles. The van der Waals surface area contributed by atoms with E-state index in [0.29, 0.717) is 17.0 Å². The molecule has 0 radical (unpaired) electrons. The highest BCUT2D eigenvalue weighted by Gasteiger charge is 2.23. The molecule has 0 unspecified atom stereocenters. The summed E-state index contributed by atoms with van der Waals surface area (Å²) in [7, 11) is 0. The minimum atomic E-state index is -0.345. The van der Waals surface area contributed by atoms with Crippen LogP contribution in [0, 0.1) is 12.7 Å². The average Bonchev–Trinajstić information content (AvgIpc) is 3.19. The molecule has 0 N–H and O–H groups in total. The van der Waals surface area contributed by atoms with Crippen LogP contribution in [-0.4, -0.2) is 38.7 Å². The van der Waals surface area contributed by atoms with Crippen LogP contribution >= 0.6 is 0 Å². The number of carbonyl (C=O) groups is 1. The monoisotopic (exact) mass is 442 g/mol. The number of hydrogen-bond acceptors (Lipinski definition) is 3. The summed E-state index contributed by atoms with van der Waals surface area (Å²) in [4.78, 5) is 20.1. The third-order valence-corrected chi connectivity index (χ3v) is 6.30. The van der Waals surface area contributed by atoms with Gasteiger partial charge in [-0.25, -0.2) is 14.1 Å². The van der Waals surface area contributed by atoms with Gasteiger partial charge in [-0.1, -0.05) is 55.7 Å². The van der Waals surface area contributed by atoms with Crippen LogP contribution in [0.2, 0.25) is 0 Å². The Kier molecular flexibility index (Phi) is 5.90. The van der Waals surface area contributed by atoms with Gasteiger partial charge in [0.05, 0.1) is 11.1 Å². The van der Waals surface area contributed by atoms with Crippen LogP contribution in [0.25, 0.3) is 28.0 Å². The molecule has 2 aromatic carbocycles. The first-order valence-corrected chi connectivity index (χ1v) is 11.6. The zero-order valence-corrected chi connectivity index (χ0v) is 18.8. The second-order valence-electron chi connectivity index (χ2n) is 8.69. The fraction of sp³-hybridized carbons (Fsp3) is 0.296. The molecule has 5 nitrogen and oxygen atoms in total. The molecule has 1 saturated heterocycles. The fourth-order valence-corrected chi connectivity index (χ4v) is 4.61. The Morgan fingerprint density at radius 2 is 1.64 bits per heavy atom. The van der Waals surface area contributed by atoms with Gasteiger partial charge in [-0.2, -0.15) is 5.10 Å². The summed E-state index contributed by atoms with van der Waals surface area (Å²) in [6.45, 7) is 3.50. The molecule has 33 heavy (non-hydrogen) atoms. The van der Waals surface area contributed by atoms with Crippen molar-refractivity contribution in [2.24, 2.45) is 0 Å². The smallest absolute Gasteiger partial charge is 0.272 e. The molecule has 0 bridgehead atoms. The molecule has 1 fully saturated rings. The summed E-state index contributed by atoms with van der Waals surface area (Å²) in [5.41, 5.74) is 4.20. The maximum absolute atomic E-state index is 14.1. The molecular weight excluding hydrogens is 415 g/mol. The molecule has 1 aliphatic rings.